The van der Waals surface area contributed by atoms with Gasteiger partial charge in [-0.05, 0) is 31.1 Å². The van der Waals surface area contributed by atoms with Crippen LogP contribution in [-0.4, -0.2) is 28.8 Å². The van der Waals surface area contributed by atoms with Crippen LogP contribution in [0, 0.1) is 11.8 Å². The summed E-state index contributed by atoms with van der Waals surface area (Å²) in [5.74, 6) is 2.38. The van der Waals surface area contributed by atoms with E-state index in [1.54, 1.807) is 6.20 Å². The van der Waals surface area contributed by atoms with E-state index in [9.17, 15) is 4.79 Å². The lowest BCUT2D eigenvalue weighted by molar-refractivity contribution is 0.0971. The minimum Gasteiger partial charge on any atom is -0.340 e. The van der Waals surface area contributed by atoms with E-state index in [2.05, 4.69) is 28.7 Å². The summed E-state index contributed by atoms with van der Waals surface area (Å²) in [6.07, 6.45) is 5.50. The fraction of sp³-hybridized carbons (Fsp3) is 0.667. The zero-order chi connectivity index (χ0) is 13.4. The van der Waals surface area contributed by atoms with Gasteiger partial charge in [0.25, 0.3) is 0 Å². The van der Waals surface area contributed by atoms with Crippen LogP contribution in [0.3, 0.4) is 0 Å². The number of fused-ring (bicyclic) bond motifs is 1. The lowest BCUT2D eigenvalue weighted by atomic mass is 9.92. The number of piperidine rings is 1. The van der Waals surface area contributed by atoms with Gasteiger partial charge in [0.2, 0.25) is 5.95 Å². The number of ketones is 1. The van der Waals surface area contributed by atoms with Gasteiger partial charge in [0.1, 0.15) is 0 Å². The van der Waals surface area contributed by atoms with Gasteiger partial charge in [0.15, 0.2) is 5.78 Å². The van der Waals surface area contributed by atoms with Crippen LogP contribution < -0.4 is 4.90 Å². The third-order valence-electron chi connectivity index (χ3n) is 4.12. The highest BCUT2D eigenvalue weighted by Crippen LogP contribution is 2.26. The number of carbonyl (C=O) groups excluding carboxylic acids is 1. The Labute approximate surface area is 114 Å². The van der Waals surface area contributed by atoms with Crippen molar-refractivity contribution in [2.75, 3.05) is 18.0 Å². The van der Waals surface area contributed by atoms with Crippen molar-refractivity contribution in [1.82, 2.24) is 9.97 Å². The Balaban J connectivity index is 1.87. The highest BCUT2D eigenvalue weighted by molar-refractivity contribution is 5.97. The van der Waals surface area contributed by atoms with Crippen molar-refractivity contribution >= 4 is 11.7 Å². The number of hydrogen-bond acceptors (Lipinski definition) is 4. The number of anilines is 1. The second-order valence-electron chi connectivity index (χ2n) is 6.16. The topological polar surface area (TPSA) is 46.1 Å². The van der Waals surface area contributed by atoms with Crippen molar-refractivity contribution < 1.29 is 4.79 Å². The van der Waals surface area contributed by atoms with Gasteiger partial charge in [-0.1, -0.05) is 13.8 Å². The van der Waals surface area contributed by atoms with Crippen LogP contribution in [0.15, 0.2) is 6.20 Å². The summed E-state index contributed by atoms with van der Waals surface area (Å²) >= 11 is 0. The molecule has 1 aliphatic carbocycles. The fourth-order valence-corrected chi connectivity index (χ4v) is 3.36. The van der Waals surface area contributed by atoms with Crippen molar-refractivity contribution in [3.05, 3.63) is 17.5 Å². The molecule has 0 bridgehead atoms. The van der Waals surface area contributed by atoms with Gasteiger partial charge in [-0.2, -0.15) is 0 Å². The lowest BCUT2D eigenvalue weighted by Crippen LogP contribution is -2.40. The van der Waals surface area contributed by atoms with Crippen LogP contribution in [0.4, 0.5) is 5.95 Å². The molecule has 2 heterocycles. The van der Waals surface area contributed by atoms with E-state index in [1.165, 1.54) is 6.42 Å². The molecule has 0 spiro atoms. The number of aryl methyl sites for hydroxylation is 1. The van der Waals surface area contributed by atoms with Gasteiger partial charge in [0, 0.05) is 25.7 Å². The minimum absolute atomic E-state index is 0.202. The van der Waals surface area contributed by atoms with E-state index >= 15 is 0 Å². The van der Waals surface area contributed by atoms with E-state index in [0.29, 0.717) is 18.3 Å². The molecule has 4 heteroatoms. The molecule has 2 atom stereocenters. The first kappa shape index (κ1) is 12.6. The van der Waals surface area contributed by atoms with Crippen LogP contribution in [0.25, 0.3) is 0 Å². The maximum absolute atomic E-state index is 11.8. The summed E-state index contributed by atoms with van der Waals surface area (Å²) in [4.78, 5) is 23.1. The molecule has 0 saturated carbocycles. The second-order valence-corrected chi connectivity index (χ2v) is 6.16. The van der Waals surface area contributed by atoms with Gasteiger partial charge in [-0.25, -0.2) is 9.97 Å². The molecule has 2 aliphatic rings. The summed E-state index contributed by atoms with van der Waals surface area (Å²) < 4.78 is 0. The molecule has 0 aromatic carbocycles. The van der Waals surface area contributed by atoms with Crippen LogP contribution in [-0.2, 0) is 6.42 Å². The number of hydrogen-bond donors (Lipinski definition) is 0. The van der Waals surface area contributed by atoms with Gasteiger partial charge in [0.05, 0.1) is 11.3 Å². The molecular weight excluding hydrogens is 238 g/mol. The van der Waals surface area contributed by atoms with Gasteiger partial charge >= 0.3 is 0 Å². The van der Waals surface area contributed by atoms with E-state index in [-0.39, 0.29) is 5.78 Å². The van der Waals surface area contributed by atoms with Gasteiger partial charge in [-0.15, -0.1) is 0 Å². The zero-order valence-electron chi connectivity index (χ0n) is 11.7. The quantitative estimate of drug-likeness (QED) is 0.777. The fourth-order valence-electron chi connectivity index (χ4n) is 3.36. The Kier molecular flexibility index (Phi) is 3.25. The normalized spacial score (nSPS) is 27.3. The number of rotatable bonds is 1. The number of nitrogens with zero attached hydrogens (tertiary/aromatic N) is 3. The third kappa shape index (κ3) is 2.48. The second kappa shape index (κ2) is 4.91. The van der Waals surface area contributed by atoms with E-state index in [0.717, 1.165) is 43.1 Å². The zero-order valence-corrected chi connectivity index (χ0v) is 11.7. The van der Waals surface area contributed by atoms with E-state index < -0.39 is 0 Å². The molecule has 19 heavy (non-hydrogen) atoms. The van der Waals surface area contributed by atoms with Crippen LogP contribution in [0.5, 0.6) is 0 Å². The lowest BCUT2D eigenvalue weighted by Gasteiger charge is -2.35. The molecule has 1 fully saturated rings. The SMILES string of the molecule is C[C@@H]1C[C@H](C)CN(c2ncc3c(n2)CCCC3=O)C1. The number of Topliss-reactive ketones (excluding diaryl/α,β-unsaturated/α-hetero) is 1. The molecule has 0 unspecified atom stereocenters. The van der Waals surface area contributed by atoms with Crippen molar-refractivity contribution in [1.29, 1.82) is 0 Å². The molecular formula is C15H21N3O. The van der Waals surface area contributed by atoms with Crippen molar-refractivity contribution in [2.24, 2.45) is 11.8 Å². The van der Waals surface area contributed by atoms with E-state index in [1.807, 2.05) is 0 Å². The molecule has 4 nitrogen and oxygen atoms in total. The Morgan fingerprint density at radius 2 is 1.95 bits per heavy atom. The maximum atomic E-state index is 11.8. The molecule has 0 N–H and O–H groups in total. The summed E-state index contributed by atoms with van der Waals surface area (Å²) in [6, 6.07) is 0. The molecule has 1 aromatic rings. The summed E-state index contributed by atoms with van der Waals surface area (Å²) in [5, 5.41) is 0. The van der Waals surface area contributed by atoms with Gasteiger partial charge < -0.3 is 4.90 Å². The van der Waals surface area contributed by atoms with Crippen molar-refractivity contribution in [2.45, 2.75) is 39.5 Å². The summed E-state index contributed by atoms with van der Waals surface area (Å²) in [5.41, 5.74) is 1.69. The first-order chi connectivity index (χ1) is 9.13. The smallest absolute Gasteiger partial charge is 0.225 e. The predicted octanol–water partition coefficient (Wildman–Crippen LogP) is 2.48. The summed E-state index contributed by atoms with van der Waals surface area (Å²) in [7, 11) is 0. The van der Waals surface area contributed by atoms with Crippen LogP contribution >= 0.6 is 0 Å². The van der Waals surface area contributed by atoms with E-state index in [4.69, 9.17) is 0 Å². The Morgan fingerprint density at radius 3 is 2.68 bits per heavy atom. The first-order valence-corrected chi connectivity index (χ1v) is 7.27. The largest absolute Gasteiger partial charge is 0.340 e. The molecule has 0 amide bonds. The van der Waals surface area contributed by atoms with Crippen LogP contribution in [0.1, 0.15) is 49.2 Å². The Hall–Kier alpha value is -1.45. The Bertz CT molecular complexity index is 490. The Morgan fingerprint density at radius 1 is 1.21 bits per heavy atom. The predicted molar refractivity (Wildman–Crippen MR) is 74.5 cm³/mol. The van der Waals surface area contributed by atoms with Crippen molar-refractivity contribution in [3.8, 4) is 0 Å². The highest BCUT2D eigenvalue weighted by atomic mass is 16.1. The summed E-state index contributed by atoms with van der Waals surface area (Å²) in [6.45, 7) is 6.61. The molecule has 1 aliphatic heterocycles. The minimum atomic E-state index is 0.202. The first-order valence-electron chi connectivity index (χ1n) is 7.27. The van der Waals surface area contributed by atoms with Crippen LogP contribution in [0.2, 0.25) is 0 Å². The molecule has 3 rings (SSSR count). The third-order valence-corrected chi connectivity index (χ3v) is 4.12. The molecule has 0 radical (unpaired) electrons. The molecule has 102 valence electrons. The average Bonchev–Trinajstić information content (AvgIpc) is 2.37. The number of carbonyl (C=O) groups is 1. The maximum Gasteiger partial charge on any atom is 0.225 e. The van der Waals surface area contributed by atoms with Crippen molar-refractivity contribution in [3.63, 3.8) is 0 Å². The average molecular weight is 259 g/mol. The monoisotopic (exact) mass is 259 g/mol. The number of aromatic nitrogens is 2. The molecule has 1 aromatic heterocycles. The standard InChI is InChI=1S/C15H21N3O/c1-10-6-11(2)9-18(8-10)15-16-7-12-13(17-15)4-3-5-14(12)19/h7,10-11H,3-6,8-9H2,1-2H3/t10-,11+. The van der Waals surface area contributed by atoms with Gasteiger partial charge in [-0.3, -0.25) is 4.79 Å². The molecule has 1 saturated heterocycles. The highest BCUT2D eigenvalue weighted by Gasteiger charge is 2.25.